The fraction of sp³-hybridized carbons (Fsp3) is 0.923. The molecule has 6 aliphatic rings. The molecule has 0 bridgehead atoms. The van der Waals surface area contributed by atoms with Gasteiger partial charge in [0.05, 0.1) is 24.4 Å². The van der Waals surface area contributed by atoms with Crippen LogP contribution in [0, 0.1) is 35.5 Å². The van der Waals surface area contributed by atoms with Crippen molar-refractivity contribution in [2.24, 2.45) is 35.5 Å². The maximum absolute atomic E-state index is 13.5. The molecule has 260 valence electrons. The van der Waals surface area contributed by atoms with Crippen LogP contribution in [0.5, 0.6) is 0 Å². The summed E-state index contributed by atoms with van der Waals surface area (Å²) in [7, 11) is 0. The summed E-state index contributed by atoms with van der Waals surface area (Å²) < 4.78 is 13.1. The molecule has 0 saturated heterocycles. The highest BCUT2D eigenvalue weighted by Gasteiger charge is 2.38. The van der Waals surface area contributed by atoms with E-state index < -0.39 is 0 Å². The summed E-state index contributed by atoms with van der Waals surface area (Å²) in [5.41, 5.74) is 0. The van der Waals surface area contributed by atoms with Crippen LogP contribution < -0.4 is 0 Å². The second-order valence-corrected chi connectivity index (χ2v) is 17.5. The molecule has 0 amide bonds. The van der Waals surface area contributed by atoms with Crippen molar-refractivity contribution in [1.82, 2.24) is 0 Å². The van der Waals surface area contributed by atoms with Crippen molar-refractivity contribution in [2.45, 2.75) is 189 Å². The van der Waals surface area contributed by atoms with Crippen LogP contribution in [0.15, 0.2) is 0 Å². The predicted molar refractivity (Wildman–Crippen MR) is 183 cm³/mol. The average molecular weight is 680 g/mol. The molecular weight excluding hydrogens is 619 g/mol. The molecule has 7 heteroatoms. The van der Waals surface area contributed by atoms with Crippen LogP contribution in [0.4, 0.5) is 0 Å². The van der Waals surface area contributed by atoms with Crippen molar-refractivity contribution >= 4 is 40.6 Å². The number of halogens is 2. The van der Waals surface area contributed by atoms with Crippen molar-refractivity contribution in [3.63, 3.8) is 0 Å². The van der Waals surface area contributed by atoms with Gasteiger partial charge in [-0.05, 0) is 154 Å². The van der Waals surface area contributed by atoms with E-state index in [2.05, 4.69) is 0 Å². The Morgan fingerprint density at radius 1 is 0.304 bits per heavy atom. The molecule has 5 nitrogen and oxygen atoms in total. The van der Waals surface area contributed by atoms with Gasteiger partial charge < -0.3 is 9.47 Å². The minimum atomic E-state index is 0.200. The predicted octanol–water partition coefficient (Wildman–Crippen LogP) is 9.56. The first-order valence-corrected chi connectivity index (χ1v) is 20.4. The summed E-state index contributed by atoms with van der Waals surface area (Å²) in [5, 5.41) is 0.529. The summed E-state index contributed by atoms with van der Waals surface area (Å²) in [4.78, 5) is 39.6. The average Bonchev–Trinajstić information content (AvgIpc) is 3.09. The van der Waals surface area contributed by atoms with Crippen molar-refractivity contribution in [3.05, 3.63) is 0 Å². The molecule has 0 N–H and O–H groups in total. The van der Waals surface area contributed by atoms with E-state index >= 15 is 0 Å². The zero-order chi connectivity index (χ0) is 32.0. The number of hydrogen-bond donors (Lipinski definition) is 0. The number of ether oxygens (including phenoxy) is 2. The highest BCUT2D eigenvalue weighted by molar-refractivity contribution is 6.20. The maximum atomic E-state index is 13.5. The van der Waals surface area contributed by atoms with Crippen molar-refractivity contribution in [2.75, 3.05) is 0 Å². The Balaban J connectivity index is 0.831. The summed E-state index contributed by atoms with van der Waals surface area (Å²) in [6.45, 7) is 0. The fourth-order valence-corrected chi connectivity index (χ4v) is 10.7. The Kier molecular flexibility index (Phi) is 13.0. The number of ketones is 3. The van der Waals surface area contributed by atoms with Crippen LogP contribution in [-0.2, 0) is 23.9 Å². The van der Waals surface area contributed by atoms with Gasteiger partial charge in [0.2, 0.25) is 0 Å². The largest absolute Gasteiger partial charge is 0.375 e. The summed E-state index contributed by atoms with van der Waals surface area (Å²) in [6, 6.07) is 0. The molecule has 0 spiro atoms. The first-order valence-electron chi connectivity index (χ1n) is 19.5. The molecule has 0 atom stereocenters. The van der Waals surface area contributed by atoms with Crippen LogP contribution in [-0.4, -0.2) is 52.5 Å². The van der Waals surface area contributed by atoms with Gasteiger partial charge >= 0.3 is 0 Å². The van der Waals surface area contributed by atoms with Gasteiger partial charge in [-0.25, -0.2) is 0 Å². The number of Topliss-reactive ketones (excluding diaryl/α,β-unsaturated/α-hetero) is 3. The highest BCUT2D eigenvalue weighted by Crippen LogP contribution is 2.40. The van der Waals surface area contributed by atoms with Crippen molar-refractivity contribution in [1.29, 1.82) is 0 Å². The lowest BCUT2D eigenvalue weighted by atomic mass is 9.75. The van der Waals surface area contributed by atoms with Gasteiger partial charge in [0.15, 0.2) is 0 Å². The van der Waals surface area contributed by atoms with E-state index in [1.807, 2.05) is 0 Å². The third-order valence-electron chi connectivity index (χ3n) is 13.2. The van der Waals surface area contributed by atoms with Crippen LogP contribution in [0.2, 0.25) is 0 Å². The molecule has 0 aromatic heterocycles. The van der Waals surface area contributed by atoms with E-state index in [0.29, 0.717) is 17.3 Å². The van der Waals surface area contributed by atoms with Gasteiger partial charge in [0, 0.05) is 46.3 Å². The van der Waals surface area contributed by atoms with E-state index in [1.54, 1.807) is 0 Å². The van der Waals surface area contributed by atoms with Gasteiger partial charge in [0.1, 0.15) is 17.3 Å². The molecule has 6 fully saturated rings. The molecule has 6 rings (SSSR count). The zero-order valence-corrected chi connectivity index (χ0v) is 29.7. The molecular formula is C39H60Cl2O5. The van der Waals surface area contributed by atoms with E-state index in [4.69, 9.17) is 32.7 Å². The Morgan fingerprint density at radius 3 is 0.674 bits per heavy atom. The molecule has 46 heavy (non-hydrogen) atoms. The first-order chi connectivity index (χ1) is 22.3. The van der Waals surface area contributed by atoms with E-state index in [9.17, 15) is 14.4 Å². The lowest BCUT2D eigenvalue weighted by Crippen LogP contribution is -2.37. The molecule has 6 saturated carbocycles. The minimum absolute atomic E-state index is 0.200. The number of carbonyl (C=O) groups excluding carboxylic acids is 3. The van der Waals surface area contributed by atoms with Crippen LogP contribution in [0.25, 0.3) is 0 Å². The summed E-state index contributed by atoms with van der Waals surface area (Å²) in [6.07, 6.45) is 24.7. The van der Waals surface area contributed by atoms with E-state index in [-0.39, 0.29) is 70.7 Å². The number of hydrogen-bond acceptors (Lipinski definition) is 5. The second kappa shape index (κ2) is 16.9. The monoisotopic (exact) mass is 678 g/mol. The van der Waals surface area contributed by atoms with Crippen molar-refractivity contribution < 1.29 is 23.9 Å². The topological polar surface area (TPSA) is 69.7 Å². The fourth-order valence-electron chi connectivity index (χ4n) is 10.2. The van der Waals surface area contributed by atoms with Crippen LogP contribution in [0.3, 0.4) is 0 Å². The molecule has 0 aliphatic heterocycles. The lowest BCUT2D eigenvalue weighted by Gasteiger charge is -2.37. The SMILES string of the molecule is O=C(C1CCC(Cl)CC1)C1CCC(OC2CCC(C(=O)C3CCC(OC4CCC(C(=O)C5CCC(Cl)CC5)CC4)CC3)CC2)CC1. The Bertz CT molecular complexity index is 908. The number of alkyl halides is 2. The Hall–Kier alpha value is -0.490. The molecule has 0 aromatic carbocycles. The highest BCUT2D eigenvalue weighted by atomic mass is 35.5. The third kappa shape index (κ3) is 9.39. The Morgan fingerprint density at radius 2 is 0.478 bits per heavy atom. The van der Waals surface area contributed by atoms with Gasteiger partial charge in [0.25, 0.3) is 0 Å². The second-order valence-electron chi connectivity index (χ2n) is 16.3. The van der Waals surface area contributed by atoms with Crippen molar-refractivity contribution in [3.8, 4) is 0 Å². The summed E-state index contributed by atoms with van der Waals surface area (Å²) >= 11 is 12.5. The number of carbonyl (C=O) groups is 3. The molecule has 0 aromatic rings. The van der Waals surface area contributed by atoms with Crippen LogP contribution >= 0.6 is 23.2 Å². The smallest absolute Gasteiger partial charge is 0.139 e. The normalized spacial score (nSPS) is 42.7. The van der Waals surface area contributed by atoms with E-state index in [0.717, 1.165) is 154 Å². The van der Waals surface area contributed by atoms with Gasteiger partial charge in [-0.3, -0.25) is 14.4 Å². The van der Waals surface area contributed by atoms with Gasteiger partial charge in [-0.15, -0.1) is 23.2 Å². The summed E-state index contributed by atoms with van der Waals surface area (Å²) in [5.74, 6) is 2.82. The van der Waals surface area contributed by atoms with Gasteiger partial charge in [-0.2, -0.15) is 0 Å². The first kappa shape index (κ1) is 35.3. The standard InChI is InChI=1S/C39H60Cl2O5/c40-31-13-1-25(2-14-31)37(42)27-5-17-33(18-6-27)45-35-21-9-29(10-22-35)39(44)30-11-23-36(24-12-30)46-34-19-7-28(8-20-34)38(43)26-3-15-32(41)16-4-26/h25-36H,1-24H2. The molecule has 0 radical (unpaired) electrons. The number of rotatable bonds is 10. The minimum Gasteiger partial charge on any atom is -0.375 e. The van der Waals surface area contributed by atoms with Crippen LogP contribution in [0.1, 0.15) is 154 Å². The molecule has 6 aliphatic carbocycles. The quantitative estimate of drug-likeness (QED) is 0.215. The molecule has 0 heterocycles. The third-order valence-corrected chi connectivity index (χ3v) is 14.1. The Labute approximate surface area is 288 Å². The maximum Gasteiger partial charge on any atom is 0.139 e. The van der Waals surface area contributed by atoms with Gasteiger partial charge in [-0.1, -0.05) is 0 Å². The lowest BCUT2D eigenvalue weighted by molar-refractivity contribution is -0.133. The zero-order valence-electron chi connectivity index (χ0n) is 28.2. The molecule has 0 unspecified atom stereocenters. The van der Waals surface area contributed by atoms with E-state index in [1.165, 1.54) is 0 Å².